The van der Waals surface area contributed by atoms with E-state index in [4.69, 9.17) is 22.1 Å². The first-order valence-electron chi connectivity index (χ1n) is 30.2. The maximum atomic E-state index is 8.84. The summed E-state index contributed by atoms with van der Waals surface area (Å²) in [5.41, 5.74) is 4.28. The minimum Gasteiger partial charge on any atom is -0.509 e. The second-order valence-electron chi connectivity index (χ2n) is 23.2. The first kappa shape index (κ1) is 40.9. The molecule has 0 N–H and O–H groups in total. The van der Waals surface area contributed by atoms with Gasteiger partial charge in [0.25, 0.3) is 0 Å². The van der Waals surface area contributed by atoms with Gasteiger partial charge in [-0.1, -0.05) is 203 Å². The van der Waals surface area contributed by atoms with Crippen LogP contribution in [0.5, 0.6) is 11.5 Å². The molecule has 1 aliphatic rings. The van der Waals surface area contributed by atoms with Gasteiger partial charge < -0.3 is 18.8 Å². The third-order valence-electron chi connectivity index (χ3n) is 14.9. The van der Waals surface area contributed by atoms with Crippen LogP contribution >= 0.6 is 0 Å². The molecule has 0 fully saturated rings. The van der Waals surface area contributed by atoms with E-state index in [1.54, 1.807) is 0 Å². The fourth-order valence-electron chi connectivity index (χ4n) is 10.8. The molecule has 0 atom stereocenters. The van der Waals surface area contributed by atoms with E-state index in [-0.39, 0.29) is 37.5 Å². The van der Waals surface area contributed by atoms with Crippen LogP contribution in [-0.2, 0) is 42.7 Å². The van der Waals surface area contributed by atoms with E-state index >= 15 is 0 Å². The molecule has 0 bridgehead atoms. The molecule has 0 saturated heterocycles. The van der Waals surface area contributed by atoms with E-state index in [1.165, 1.54) is 12.1 Å². The van der Waals surface area contributed by atoms with Gasteiger partial charge >= 0.3 is 0 Å². The summed E-state index contributed by atoms with van der Waals surface area (Å²) in [6.45, 7) is 10.6. The van der Waals surface area contributed by atoms with Gasteiger partial charge in [0.1, 0.15) is 5.82 Å². The van der Waals surface area contributed by atoms with Gasteiger partial charge in [-0.15, -0.1) is 35.7 Å². The minimum atomic E-state index is -3.48. The van der Waals surface area contributed by atoms with Gasteiger partial charge in [-0.2, -0.15) is 12.1 Å². The van der Waals surface area contributed by atoms with Crippen molar-refractivity contribution in [1.82, 2.24) is 14.1 Å². The van der Waals surface area contributed by atoms with Crippen LogP contribution in [0, 0.1) is 18.8 Å². The Labute approximate surface area is 475 Å². The van der Waals surface area contributed by atoms with Crippen molar-refractivity contribution >= 4 is 76.5 Å². The molecule has 76 heavy (non-hydrogen) atoms. The normalized spacial score (nSPS) is 15.2. The van der Waals surface area contributed by atoms with Gasteiger partial charge in [0.2, 0.25) is 0 Å². The van der Waals surface area contributed by atoms with Crippen molar-refractivity contribution in [2.24, 2.45) is 0 Å². The number of aromatic nitrogens is 3. The van der Waals surface area contributed by atoms with Crippen LogP contribution in [0.4, 0.5) is 11.4 Å². The Kier molecular flexibility index (Phi) is 9.93. The fraction of sp³-hybridized carbons (Fsp3) is 0.229. The van der Waals surface area contributed by atoms with Gasteiger partial charge in [0.15, 0.2) is 0 Å². The Morgan fingerprint density at radius 3 is 1.80 bits per heavy atom. The Morgan fingerprint density at radius 1 is 0.487 bits per heavy atom. The van der Waals surface area contributed by atoms with Crippen molar-refractivity contribution in [2.75, 3.05) is 4.90 Å². The molecule has 0 radical (unpaired) electrons. The summed E-state index contributed by atoms with van der Waals surface area (Å²) in [6, 6.07) is 61.7. The van der Waals surface area contributed by atoms with Crippen molar-refractivity contribution in [1.29, 1.82) is 0 Å². The van der Waals surface area contributed by atoms with Crippen LogP contribution in [-0.4, -0.2) is 14.1 Å². The van der Waals surface area contributed by atoms with E-state index in [9.17, 15) is 0 Å². The molecule has 0 saturated carbocycles. The third-order valence-corrected chi connectivity index (χ3v) is 14.9. The smallest absolute Gasteiger partial charge is 0.135 e. The van der Waals surface area contributed by atoms with Gasteiger partial charge in [-0.3, -0.25) is 0 Å². The number of fused-ring (bicyclic) bond motifs is 10. The van der Waals surface area contributed by atoms with Crippen LogP contribution < -0.4 is 9.64 Å². The summed E-state index contributed by atoms with van der Waals surface area (Å²) >= 11 is 0. The summed E-state index contributed by atoms with van der Waals surface area (Å²) < 4.78 is 90.7. The van der Waals surface area contributed by atoms with Gasteiger partial charge in [0, 0.05) is 62.3 Å². The predicted molar refractivity (Wildman–Crippen MR) is 317 cm³/mol. The average molecular weight is 1180 g/mol. The molecule has 0 unspecified atom stereocenters. The summed E-state index contributed by atoms with van der Waals surface area (Å²) in [5.74, 6) is 1.72. The van der Waals surface area contributed by atoms with Gasteiger partial charge in [-0.25, -0.2) is 4.98 Å². The van der Waals surface area contributed by atoms with Crippen molar-refractivity contribution in [3.05, 3.63) is 211 Å². The zero-order chi connectivity index (χ0) is 59.8. The molecule has 11 aromatic rings. The van der Waals surface area contributed by atoms with Crippen molar-refractivity contribution < 1.29 is 38.1 Å². The molecule has 6 heteroatoms. The summed E-state index contributed by atoms with van der Waals surface area (Å²) in [7, 11) is 0. The van der Waals surface area contributed by atoms with Crippen molar-refractivity contribution in [2.45, 2.75) is 105 Å². The van der Waals surface area contributed by atoms with E-state index in [1.807, 2.05) is 100 Å². The number of para-hydroxylation sites is 3. The maximum Gasteiger partial charge on any atom is 0.135 e. The molecule has 1 aliphatic heterocycles. The number of pyridine rings is 1. The first-order valence-corrected chi connectivity index (χ1v) is 25.7. The van der Waals surface area contributed by atoms with E-state index in [0.29, 0.717) is 39.4 Å². The molecule has 12 rings (SSSR count). The molecule has 5 nitrogen and oxygen atoms in total. The maximum absolute atomic E-state index is 8.84. The molecular formula is C70H65N4OPt-3. The fourth-order valence-corrected chi connectivity index (χ4v) is 10.8. The molecule has 0 aliphatic carbocycles. The van der Waals surface area contributed by atoms with E-state index < -0.39 is 31.4 Å². The van der Waals surface area contributed by atoms with Crippen LogP contribution in [0.3, 0.4) is 0 Å². The van der Waals surface area contributed by atoms with Crippen LogP contribution in [0.25, 0.3) is 82.1 Å². The molecule has 8 aromatic carbocycles. The predicted octanol–water partition coefficient (Wildman–Crippen LogP) is 19.1. The summed E-state index contributed by atoms with van der Waals surface area (Å²) in [6.07, 6.45) is 1.86. The van der Waals surface area contributed by atoms with Gasteiger partial charge in [-0.05, 0) is 135 Å². The SMILES string of the molecule is [2H]C([2H])([2H])C(c1cc(-c2cccc3c4ccccc4c4ccc(C(C)(C)C)cc4c4cccc5c4n(c23)[CH-]N5c2[c-]c(Oc3[c-]c4c(cc3)c3ccccc3n4-c3cc(C(C)(C)C)ccn3)ccc2)cc(C(C)(C)C)c1)(C([2H])([2H])[2H])C([2H])([2H])[2H].[Pt]. The topological polar surface area (TPSA) is 35.2 Å². The Balaban J connectivity index is 0.00000752. The van der Waals surface area contributed by atoms with Crippen LogP contribution in [0.2, 0.25) is 0 Å². The first-order chi connectivity index (χ1) is 39.5. The van der Waals surface area contributed by atoms with Gasteiger partial charge in [0.05, 0.1) is 0 Å². The van der Waals surface area contributed by atoms with Crippen molar-refractivity contribution in [3.63, 3.8) is 0 Å². The standard InChI is InChI=1S/C70H65N4O.Pt/c1-67(2,3)45-30-32-55-53-22-13-14-23-54(53)58-26-18-25-52(44-36-47(69(7,8)9)38-48(37-44)70(10,11)12)65(58)73-43-72(62-29-19-27-59(66(62)73)60(55)39-45)49-20-17-21-50(41-49)75-51-31-33-57-56-24-15-16-28-61(56)74(63(57)42-51)64-40-46(34-35-71-64)68(4,5)6;/h13-40,43H,1-12H3;/q-3;/i7D3,8D3,9D3;. The number of hydrogen-bond donors (Lipinski definition) is 0. The number of nitrogens with zero attached hydrogens (tertiary/aromatic N) is 4. The quantitative estimate of drug-likeness (QED) is 0.161. The summed E-state index contributed by atoms with van der Waals surface area (Å²) in [5, 5.41) is 7.79. The zero-order valence-corrected chi connectivity index (χ0v) is 46.5. The molecule has 0 spiro atoms. The van der Waals surface area contributed by atoms with Crippen LogP contribution in [0.15, 0.2) is 170 Å². The monoisotopic (exact) mass is 1180 g/mol. The van der Waals surface area contributed by atoms with E-state index in [0.717, 1.165) is 82.3 Å². The number of rotatable bonds is 5. The van der Waals surface area contributed by atoms with Crippen LogP contribution in [0.1, 0.15) is 117 Å². The Hall–Kier alpha value is -7.33. The third kappa shape index (κ3) is 8.81. The Bertz CT molecular complexity index is 4510. The number of hydrogen-bond acceptors (Lipinski definition) is 3. The zero-order valence-electron chi connectivity index (χ0n) is 53.3. The van der Waals surface area contributed by atoms with E-state index in [2.05, 4.69) is 153 Å². The number of anilines is 2. The second-order valence-corrected chi connectivity index (χ2v) is 23.2. The second kappa shape index (κ2) is 18.5. The number of benzene rings is 8. The molecule has 384 valence electrons. The molecule has 4 heterocycles. The minimum absolute atomic E-state index is 0. The largest absolute Gasteiger partial charge is 0.509 e. The molecular weight excluding hydrogens is 1110 g/mol. The Morgan fingerprint density at radius 2 is 1.08 bits per heavy atom. The summed E-state index contributed by atoms with van der Waals surface area (Å²) in [4.78, 5) is 6.96. The average Bonchev–Trinajstić information content (AvgIpc) is 1.73. The number of ether oxygens (including phenoxy) is 1. The molecule has 0 amide bonds. The van der Waals surface area contributed by atoms with Crippen molar-refractivity contribution in [3.8, 4) is 28.4 Å². The molecule has 3 aromatic heterocycles.